The highest BCUT2D eigenvalue weighted by Crippen LogP contribution is 2.34. The van der Waals surface area contributed by atoms with E-state index in [1.807, 2.05) is 0 Å². The summed E-state index contributed by atoms with van der Waals surface area (Å²) in [5.74, 6) is -4.28. The molecule has 0 bridgehead atoms. The predicted octanol–water partition coefficient (Wildman–Crippen LogP) is 5.88. The molecule has 0 amide bonds. The maximum Gasteiger partial charge on any atom is 0.351 e. The largest absolute Gasteiger partial charge is 0.507 e. The average molecular weight is 582 g/mol. The lowest BCUT2D eigenvalue weighted by Crippen LogP contribution is -2.16. The molecule has 0 saturated heterocycles. The number of aryl methyl sites for hydroxylation is 1. The van der Waals surface area contributed by atoms with Crippen molar-refractivity contribution in [1.29, 1.82) is 0 Å². The number of thiazole rings is 1. The Kier molecular flexibility index (Phi) is 8.88. The maximum absolute atomic E-state index is 13.4. The van der Waals surface area contributed by atoms with Gasteiger partial charge in [-0.05, 0) is 59.5 Å². The molecule has 0 atom stereocenters. The van der Waals surface area contributed by atoms with Crippen LogP contribution in [-0.4, -0.2) is 26.9 Å². The maximum atomic E-state index is 13.4. The number of halogens is 3. The van der Waals surface area contributed by atoms with E-state index in [1.54, 1.807) is 0 Å². The third kappa shape index (κ3) is 6.95. The van der Waals surface area contributed by atoms with Crippen LogP contribution in [0.3, 0.4) is 0 Å². The van der Waals surface area contributed by atoms with Crippen LogP contribution in [-0.2, 0) is 11.2 Å². The Morgan fingerprint density at radius 3 is 2.67 bits per heavy atom. The Labute approximate surface area is 215 Å². The fourth-order valence-electron chi connectivity index (χ4n) is 2.97. The first-order chi connectivity index (χ1) is 17.0. The van der Waals surface area contributed by atoms with E-state index in [2.05, 4.69) is 20.9 Å². The van der Waals surface area contributed by atoms with Crippen LogP contribution >= 0.6 is 27.3 Å². The molecule has 0 radical (unpaired) electrons. The van der Waals surface area contributed by atoms with Crippen molar-refractivity contribution in [3.8, 4) is 16.7 Å². The number of allylic oxidation sites excluding steroid dienone is 2. The molecule has 2 aromatic heterocycles. The van der Waals surface area contributed by atoms with Crippen molar-refractivity contribution < 1.29 is 37.7 Å². The number of aromatic hydroxyl groups is 1. The number of carboxylic acids is 1. The molecule has 0 unspecified atom stereocenters. The van der Waals surface area contributed by atoms with Crippen LogP contribution in [0, 0.1) is 11.6 Å². The first-order valence-corrected chi connectivity index (χ1v) is 11.9. The van der Waals surface area contributed by atoms with Crippen molar-refractivity contribution in [2.45, 2.75) is 26.2 Å². The van der Waals surface area contributed by atoms with E-state index in [-0.39, 0.29) is 28.7 Å². The summed E-state index contributed by atoms with van der Waals surface area (Å²) in [6.45, 7) is 1.44. The summed E-state index contributed by atoms with van der Waals surface area (Å²) in [4.78, 5) is 40.3. The summed E-state index contributed by atoms with van der Waals surface area (Å²) in [5, 5.41) is 19.0. The van der Waals surface area contributed by atoms with Crippen LogP contribution in [0.25, 0.3) is 6.08 Å². The van der Waals surface area contributed by atoms with Gasteiger partial charge >= 0.3 is 11.6 Å². The smallest absolute Gasteiger partial charge is 0.351 e. The van der Waals surface area contributed by atoms with Gasteiger partial charge in [-0.1, -0.05) is 17.4 Å². The van der Waals surface area contributed by atoms with Crippen LogP contribution in [0.5, 0.6) is 16.7 Å². The topological polar surface area (TPSA) is 127 Å². The van der Waals surface area contributed by atoms with Crippen molar-refractivity contribution in [3.05, 3.63) is 84.8 Å². The molecular weight excluding hydrogens is 564 g/mol. The molecule has 1 aromatic carbocycles. The molecule has 0 fully saturated rings. The Hall–Kier alpha value is -3.64. The molecule has 2 heterocycles. The van der Waals surface area contributed by atoms with E-state index in [1.165, 1.54) is 31.2 Å². The third-order valence-corrected chi connectivity index (χ3v) is 6.40. The normalized spacial score (nSPS) is 11.7. The number of benzene rings is 1. The molecule has 12 heteroatoms. The zero-order valence-electron chi connectivity index (χ0n) is 18.6. The number of aliphatic carboxylic acids is 1. The number of hydrogen-bond donors (Lipinski definition) is 2. The first-order valence-electron chi connectivity index (χ1n) is 10.3. The number of Topliss-reactive ketones (excluding diaryl/α,β-unsaturated/α-hetero) is 1. The summed E-state index contributed by atoms with van der Waals surface area (Å²) >= 11 is 4.23. The van der Waals surface area contributed by atoms with E-state index in [4.69, 9.17) is 14.3 Å². The molecule has 0 aliphatic heterocycles. The molecule has 0 aliphatic rings. The van der Waals surface area contributed by atoms with Crippen LogP contribution in [0.1, 0.15) is 40.8 Å². The van der Waals surface area contributed by atoms with Crippen LogP contribution in [0.2, 0.25) is 0 Å². The Morgan fingerprint density at radius 1 is 1.25 bits per heavy atom. The van der Waals surface area contributed by atoms with Crippen LogP contribution in [0.4, 0.5) is 8.78 Å². The van der Waals surface area contributed by atoms with Gasteiger partial charge in [0.2, 0.25) is 0 Å². The van der Waals surface area contributed by atoms with Gasteiger partial charge in [0.25, 0.3) is 5.19 Å². The number of carboxylic acid groups (broad SMARTS) is 1. The van der Waals surface area contributed by atoms with Crippen LogP contribution < -0.4 is 10.4 Å². The molecule has 3 rings (SSSR count). The van der Waals surface area contributed by atoms with Gasteiger partial charge in [0, 0.05) is 24.6 Å². The first kappa shape index (κ1) is 27.0. The van der Waals surface area contributed by atoms with E-state index in [9.17, 15) is 28.3 Å². The summed E-state index contributed by atoms with van der Waals surface area (Å²) < 4.78 is 37.4. The molecule has 3 aromatic rings. The minimum absolute atomic E-state index is 0.0269. The van der Waals surface area contributed by atoms with Gasteiger partial charge in [0.15, 0.2) is 17.4 Å². The molecular formula is C24H18BrF2NO7S. The van der Waals surface area contributed by atoms with E-state index in [0.29, 0.717) is 22.3 Å². The number of ether oxygens (including phenoxy) is 1. The van der Waals surface area contributed by atoms with Gasteiger partial charge in [0.1, 0.15) is 27.4 Å². The highest BCUT2D eigenvalue weighted by atomic mass is 79.9. The quantitative estimate of drug-likeness (QED) is 0.172. The van der Waals surface area contributed by atoms with Crippen molar-refractivity contribution in [2.24, 2.45) is 0 Å². The van der Waals surface area contributed by atoms with Gasteiger partial charge in [-0.3, -0.25) is 4.79 Å². The highest BCUT2D eigenvalue weighted by molar-refractivity contribution is 9.10. The zero-order valence-corrected chi connectivity index (χ0v) is 21.0. The number of unbranched alkanes of at least 4 members (excludes halogenated alkanes) is 1. The van der Waals surface area contributed by atoms with E-state index < -0.39 is 40.3 Å². The van der Waals surface area contributed by atoms with Crippen molar-refractivity contribution >= 4 is 45.1 Å². The van der Waals surface area contributed by atoms with Gasteiger partial charge in [0.05, 0.1) is 4.88 Å². The van der Waals surface area contributed by atoms with E-state index >= 15 is 0 Å². The second-order valence-electron chi connectivity index (χ2n) is 7.36. The minimum atomic E-state index is -1.08. The molecule has 188 valence electrons. The van der Waals surface area contributed by atoms with Crippen LogP contribution in [0.15, 0.2) is 55.8 Å². The number of carbonyl (C=O) groups excluding carboxylic acids is 1. The number of carbonyl (C=O) groups is 2. The second kappa shape index (κ2) is 11.9. The lowest BCUT2D eigenvalue weighted by atomic mass is 10.0. The average Bonchev–Trinajstić information content (AvgIpc) is 3.13. The number of ketones is 1. The van der Waals surface area contributed by atoms with Gasteiger partial charge in [-0.15, -0.1) is 0 Å². The highest BCUT2D eigenvalue weighted by Gasteiger charge is 2.21. The van der Waals surface area contributed by atoms with Gasteiger partial charge in [-0.2, -0.15) is 4.98 Å². The van der Waals surface area contributed by atoms with Crippen molar-refractivity contribution in [2.75, 3.05) is 0 Å². The Balaban J connectivity index is 1.74. The summed E-state index contributed by atoms with van der Waals surface area (Å²) in [5.41, 5.74) is -1.44. The third-order valence-electron chi connectivity index (χ3n) is 4.66. The SMILES string of the molecule is C/C(=C\c1sc(Oc2ccc(F)c(F)c2)nc1Br)C(=O)c1c(O)cc(CCC/C=C/C(=O)O)oc1=O. The summed E-state index contributed by atoms with van der Waals surface area (Å²) in [6, 6.07) is 4.19. The predicted molar refractivity (Wildman–Crippen MR) is 131 cm³/mol. The lowest BCUT2D eigenvalue weighted by molar-refractivity contribution is -0.131. The number of aromatic nitrogens is 1. The second-order valence-corrected chi connectivity index (χ2v) is 9.11. The zero-order chi connectivity index (χ0) is 26.4. The molecule has 0 spiro atoms. The number of nitrogens with zero attached hydrogens (tertiary/aromatic N) is 1. The monoisotopic (exact) mass is 581 g/mol. The minimum Gasteiger partial charge on any atom is -0.507 e. The molecule has 8 nitrogen and oxygen atoms in total. The van der Waals surface area contributed by atoms with Crippen molar-refractivity contribution in [1.82, 2.24) is 4.98 Å². The van der Waals surface area contributed by atoms with Crippen molar-refractivity contribution in [3.63, 3.8) is 0 Å². The fourth-order valence-corrected chi connectivity index (χ4v) is 4.43. The number of hydrogen-bond acceptors (Lipinski definition) is 8. The Bertz CT molecular complexity index is 1430. The fraction of sp³-hybridized carbons (Fsp3) is 0.167. The standard InChI is InChI=1S/C24H18BrF2NO7S/c1-12(9-18-22(25)28-24(36-18)35-14-7-8-15(26)16(27)10-14)21(32)20-17(29)11-13(34-23(20)33)5-3-2-4-6-19(30)31/h4,6-11,29H,2-3,5H2,1H3,(H,30,31)/b6-4+,12-9+. The molecule has 36 heavy (non-hydrogen) atoms. The molecule has 0 aliphatic carbocycles. The molecule has 2 N–H and O–H groups in total. The van der Waals surface area contributed by atoms with Gasteiger partial charge in [-0.25, -0.2) is 18.4 Å². The summed E-state index contributed by atoms with van der Waals surface area (Å²) in [6.07, 6.45) is 5.02. The summed E-state index contributed by atoms with van der Waals surface area (Å²) in [7, 11) is 0. The molecule has 0 saturated carbocycles. The lowest BCUT2D eigenvalue weighted by Gasteiger charge is -2.05. The number of rotatable bonds is 10. The van der Waals surface area contributed by atoms with Gasteiger partial charge < -0.3 is 19.4 Å². The van der Waals surface area contributed by atoms with E-state index in [0.717, 1.165) is 29.5 Å². The Morgan fingerprint density at radius 2 is 2.00 bits per heavy atom.